The van der Waals surface area contributed by atoms with Crippen LogP contribution in [0.3, 0.4) is 0 Å². The number of nitrogens with zero attached hydrogens (tertiary/aromatic N) is 1. The highest BCUT2D eigenvalue weighted by Gasteiger charge is 2.62. The van der Waals surface area contributed by atoms with Crippen molar-refractivity contribution in [2.45, 2.75) is 103 Å². The number of allylic oxidation sites excluding steroid dienone is 2. The number of carbonyl (C=O) groups is 2. The van der Waals surface area contributed by atoms with Crippen molar-refractivity contribution in [3.8, 4) is 0 Å². The van der Waals surface area contributed by atoms with Crippen molar-refractivity contribution in [3.63, 3.8) is 0 Å². The molecule has 1 heterocycles. The van der Waals surface area contributed by atoms with Gasteiger partial charge in [-0.3, -0.25) is 9.59 Å². The summed E-state index contributed by atoms with van der Waals surface area (Å²) in [5, 5.41) is 3.77. The first-order valence-corrected chi connectivity index (χ1v) is 14.9. The van der Waals surface area contributed by atoms with E-state index in [1.165, 1.54) is 63.5 Å². The largest absolute Gasteiger partial charge is 0.377 e. The van der Waals surface area contributed by atoms with Gasteiger partial charge in [-0.15, -0.1) is 0 Å². The molecule has 1 aliphatic heterocycles. The number of piperidine rings is 1. The number of nitrogens with one attached hydrogen (secondary N) is 1. The molecular weight excluding hydrogens is 432 g/mol. The van der Waals surface area contributed by atoms with Gasteiger partial charge in [0.15, 0.2) is 5.78 Å². The number of Topliss-reactive ketones (excluding diaryl/α,β-unsaturated/α-hetero) is 1. The maximum absolute atomic E-state index is 14.0. The lowest BCUT2D eigenvalue weighted by molar-refractivity contribution is -0.139. The van der Waals surface area contributed by atoms with Gasteiger partial charge in [0.05, 0.1) is 0 Å². The number of carbonyl (C=O) groups excluding carboxylic acids is 2. The van der Waals surface area contributed by atoms with E-state index in [0.717, 1.165) is 42.7 Å². The molecule has 7 fully saturated rings. The van der Waals surface area contributed by atoms with E-state index in [1.54, 1.807) is 0 Å². The first kappa shape index (κ1) is 22.8. The summed E-state index contributed by atoms with van der Waals surface area (Å²) in [6, 6.07) is 0. The zero-order valence-electron chi connectivity index (χ0n) is 22.5. The molecule has 0 aromatic heterocycles. The van der Waals surface area contributed by atoms with Gasteiger partial charge >= 0.3 is 0 Å². The summed E-state index contributed by atoms with van der Waals surface area (Å²) >= 11 is 0. The van der Waals surface area contributed by atoms with Gasteiger partial charge in [-0.2, -0.15) is 0 Å². The Hall–Kier alpha value is -1.32. The van der Waals surface area contributed by atoms with E-state index in [4.69, 9.17) is 0 Å². The minimum absolute atomic E-state index is 0.122. The molecule has 4 nitrogen and oxygen atoms in total. The van der Waals surface area contributed by atoms with Crippen molar-refractivity contribution in [2.75, 3.05) is 13.6 Å². The van der Waals surface area contributed by atoms with Crippen LogP contribution in [0.2, 0.25) is 0 Å². The molecule has 0 aromatic rings. The standard InChI is InChI=1S/C31H46N2O2/c1-18-26(34)8-10-30(3)24-7-9-29(2)23(22(24)17-33(4)27(18)30)5-6-25(29)28(35)32-31-14-19-11-20(15-31)13-21(12-19)16-31/h19-25H,5-17H2,1-4H3,(H,32,35)/t19?,20?,21?,22-,23-,24-,25+,29-,30+,31?/m0/s1. The first-order chi connectivity index (χ1) is 16.6. The highest BCUT2D eigenvalue weighted by atomic mass is 16.2. The van der Waals surface area contributed by atoms with Crippen LogP contribution < -0.4 is 5.32 Å². The number of amides is 1. The Morgan fingerprint density at radius 2 is 1.60 bits per heavy atom. The van der Waals surface area contributed by atoms with E-state index in [0.29, 0.717) is 35.9 Å². The van der Waals surface area contributed by atoms with Gasteiger partial charge in [0.1, 0.15) is 0 Å². The number of ketones is 1. The first-order valence-electron chi connectivity index (χ1n) is 14.9. The zero-order valence-corrected chi connectivity index (χ0v) is 22.5. The molecule has 4 heteroatoms. The zero-order chi connectivity index (χ0) is 24.3. The number of likely N-dealkylation sites (tertiary alicyclic amines) is 1. The Bertz CT molecular complexity index is 963. The number of rotatable bonds is 2. The van der Waals surface area contributed by atoms with Crippen LogP contribution in [0.25, 0.3) is 0 Å². The fourth-order valence-electron chi connectivity index (χ4n) is 12.1. The molecule has 6 atom stereocenters. The molecule has 8 rings (SSSR count). The molecule has 0 unspecified atom stereocenters. The monoisotopic (exact) mass is 478 g/mol. The summed E-state index contributed by atoms with van der Waals surface area (Å²) in [7, 11) is 2.23. The van der Waals surface area contributed by atoms with Crippen LogP contribution in [0.4, 0.5) is 0 Å². The Kier molecular flexibility index (Phi) is 4.81. The third-order valence-electron chi connectivity index (χ3n) is 13.1. The minimum Gasteiger partial charge on any atom is -0.377 e. The van der Waals surface area contributed by atoms with E-state index in [1.807, 2.05) is 0 Å². The van der Waals surface area contributed by atoms with Crippen molar-refractivity contribution in [1.82, 2.24) is 10.2 Å². The second-order valence-electron chi connectivity index (χ2n) is 14.9. The Morgan fingerprint density at radius 1 is 0.943 bits per heavy atom. The molecule has 1 N–H and O–H groups in total. The topological polar surface area (TPSA) is 49.4 Å². The van der Waals surface area contributed by atoms with E-state index in [-0.39, 0.29) is 22.3 Å². The van der Waals surface area contributed by atoms with Gasteiger partial charge in [-0.25, -0.2) is 0 Å². The molecule has 6 saturated carbocycles. The summed E-state index contributed by atoms with van der Waals surface area (Å²) < 4.78 is 0. The molecule has 1 saturated heterocycles. The van der Waals surface area contributed by atoms with Crippen LogP contribution in [0.15, 0.2) is 11.3 Å². The van der Waals surface area contributed by atoms with Gasteiger partial charge < -0.3 is 10.2 Å². The fraction of sp³-hybridized carbons (Fsp3) is 0.871. The molecule has 8 aliphatic rings. The average molecular weight is 479 g/mol. The lowest BCUT2D eigenvalue weighted by atomic mass is 9.49. The van der Waals surface area contributed by atoms with Crippen molar-refractivity contribution < 1.29 is 9.59 Å². The lowest BCUT2D eigenvalue weighted by Gasteiger charge is -2.61. The van der Waals surface area contributed by atoms with Gasteiger partial charge in [0.25, 0.3) is 0 Å². The molecule has 0 aromatic carbocycles. The van der Waals surface area contributed by atoms with Crippen LogP contribution in [-0.4, -0.2) is 35.7 Å². The number of hydrogen-bond donors (Lipinski definition) is 1. The maximum Gasteiger partial charge on any atom is 0.224 e. The normalized spacial score (nSPS) is 52.3. The Morgan fingerprint density at radius 3 is 2.26 bits per heavy atom. The third kappa shape index (κ3) is 3.10. The number of hydrogen-bond acceptors (Lipinski definition) is 3. The molecular formula is C31H46N2O2. The lowest BCUT2D eigenvalue weighted by Crippen LogP contribution is -2.62. The van der Waals surface area contributed by atoms with Crippen LogP contribution in [0, 0.1) is 52.3 Å². The van der Waals surface area contributed by atoms with Crippen molar-refractivity contribution in [1.29, 1.82) is 0 Å². The van der Waals surface area contributed by atoms with Gasteiger partial charge in [-0.05, 0) is 118 Å². The molecule has 0 spiro atoms. The van der Waals surface area contributed by atoms with E-state index < -0.39 is 0 Å². The minimum atomic E-state index is 0.122. The van der Waals surface area contributed by atoms with E-state index in [9.17, 15) is 9.59 Å². The SMILES string of the molecule is CC1=C2N(C)C[C@H]3[C@@H]4CC[C@H](C(=O)NC56CC7CC(CC(C7)C5)C6)[C@@]4(C)CC[C@@H]3[C@@]2(C)CCC1=O. The third-order valence-corrected chi connectivity index (χ3v) is 13.1. The van der Waals surface area contributed by atoms with Crippen molar-refractivity contribution in [3.05, 3.63) is 11.3 Å². The van der Waals surface area contributed by atoms with Crippen LogP contribution in [0.1, 0.15) is 97.8 Å². The summed E-state index contributed by atoms with van der Waals surface area (Å²) in [4.78, 5) is 29.0. The van der Waals surface area contributed by atoms with Crippen LogP contribution >= 0.6 is 0 Å². The molecule has 1 amide bonds. The average Bonchev–Trinajstić information content (AvgIpc) is 3.13. The van der Waals surface area contributed by atoms with E-state index >= 15 is 0 Å². The predicted molar refractivity (Wildman–Crippen MR) is 137 cm³/mol. The van der Waals surface area contributed by atoms with Crippen LogP contribution in [0.5, 0.6) is 0 Å². The van der Waals surface area contributed by atoms with Gasteiger partial charge in [0.2, 0.25) is 5.91 Å². The second-order valence-corrected chi connectivity index (χ2v) is 14.9. The summed E-state index contributed by atoms with van der Waals surface area (Å²) in [6.45, 7) is 8.07. The Labute approximate surface area is 212 Å². The summed E-state index contributed by atoms with van der Waals surface area (Å²) in [5.41, 5.74) is 2.74. The maximum atomic E-state index is 14.0. The summed E-state index contributed by atoms with van der Waals surface area (Å²) in [5.74, 6) is 5.49. The summed E-state index contributed by atoms with van der Waals surface area (Å²) in [6.07, 6.45) is 14.4. The van der Waals surface area contributed by atoms with Gasteiger partial charge in [0, 0.05) is 48.2 Å². The highest BCUT2D eigenvalue weighted by Crippen LogP contribution is 2.66. The quantitative estimate of drug-likeness (QED) is 0.552. The van der Waals surface area contributed by atoms with E-state index in [2.05, 4.69) is 38.0 Å². The molecule has 0 radical (unpaired) electrons. The highest BCUT2D eigenvalue weighted by molar-refractivity contribution is 5.96. The molecule has 7 aliphatic carbocycles. The molecule has 4 bridgehead atoms. The Balaban J connectivity index is 1.13. The molecule has 35 heavy (non-hydrogen) atoms. The van der Waals surface area contributed by atoms with Gasteiger partial charge in [-0.1, -0.05) is 13.8 Å². The predicted octanol–water partition coefficient (Wildman–Crippen LogP) is 5.72. The van der Waals surface area contributed by atoms with Crippen molar-refractivity contribution >= 4 is 11.7 Å². The smallest absolute Gasteiger partial charge is 0.224 e. The molecule has 192 valence electrons. The van der Waals surface area contributed by atoms with Crippen molar-refractivity contribution in [2.24, 2.45) is 52.3 Å². The number of fused-ring (bicyclic) bond motifs is 5. The van der Waals surface area contributed by atoms with Crippen LogP contribution in [-0.2, 0) is 9.59 Å². The second kappa shape index (κ2) is 7.38. The fourth-order valence-corrected chi connectivity index (χ4v) is 12.1.